The molecule has 2 aliphatic heterocycles. The third-order valence-corrected chi connectivity index (χ3v) is 8.80. The molecule has 0 aliphatic carbocycles. The standard InChI is InChI=1S/C20H20F5N3O3S3/c1-11-5-7-14(8-6-11)34(30,31)27-16-15-17(32-10-4-9-19(21,22)20(23,24)25)33-13(3)12(2)28(15)18(29)26-16/h5-8H,4,9-10H2,1-3H3,(H,26,27,29). The first kappa shape index (κ1) is 26.4. The zero-order chi connectivity index (χ0) is 25.5. The number of halogens is 5. The summed E-state index contributed by atoms with van der Waals surface area (Å²) in [6.07, 6.45) is -7.46. The fourth-order valence-electron chi connectivity index (χ4n) is 3.00. The van der Waals surface area contributed by atoms with E-state index in [0.717, 1.165) is 17.3 Å². The third kappa shape index (κ3) is 5.38. The van der Waals surface area contributed by atoms with Gasteiger partial charge in [0.05, 0.1) is 9.10 Å². The van der Waals surface area contributed by atoms with E-state index in [0.29, 0.717) is 14.8 Å². The SMILES string of the molecule is Cc1ccc(S(=O)(=O)/N=c2\[nH]c(=O)n3c(C)c(C)sc(SCCCC(F)(F)C(F)(F)F)c2-3)cc1. The average Bonchev–Trinajstić information content (AvgIpc) is 3.03. The molecular formula is C20H20F5N3O3S3. The molecule has 0 saturated heterocycles. The van der Waals surface area contributed by atoms with Gasteiger partial charge in [-0.3, -0.25) is 9.55 Å². The molecule has 0 amide bonds. The number of nitrogens with one attached hydrogen (secondary N) is 1. The Morgan fingerprint density at radius 2 is 1.71 bits per heavy atom. The van der Waals surface area contributed by atoms with Crippen LogP contribution in [0, 0.1) is 20.8 Å². The number of alkyl halides is 5. The molecule has 1 aromatic carbocycles. The number of benzene rings is 1. The number of sulfonamides is 1. The van der Waals surface area contributed by atoms with Gasteiger partial charge in [-0.2, -0.15) is 30.4 Å². The number of hydrogen-bond acceptors (Lipinski definition) is 5. The molecule has 3 rings (SSSR count). The lowest BCUT2D eigenvalue weighted by Gasteiger charge is -2.19. The zero-order valence-electron chi connectivity index (χ0n) is 18.2. The highest BCUT2D eigenvalue weighted by atomic mass is 32.2. The predicted molar refractivity (Wildman–Crippen MR) is 120 cm³/mol. The summed E-state index contributed by atoms with van der Waals surface area (Å²) in [7, 11) is -4.20. The monoisotopic (exact) mass is 541 g/mol. The number of aryl methyl sites for hydroxylation is 2. The number of rotatable bonds is 7. The number of aromatic amines is 1. The lowest BCUT2D eigenvalue weighted by molar-refractivity contribution is -0.284. The van der Waals surface area contributed by atoms with Crippen molar-refractivity contribution in [1.29, 1.82) is 0 Å². The smallest absolute Gasteiger partial charge is 0.289 e. The van der Waals surface area contributed by atoms with Crippen molar-refractivity contribution in [3.05, 3.63) is 56.4 Å². The van der Waals surface area contributed by atoms with Crippen molar-refractivity contribution in [3.63, 3.8) is 0 Å². The molecule has 6 nitrogen and oxygen atoms in total. The summed E-state index contributed by atoms with van der Waals surface area (Å²) in [6.45, 7) is 5.14. The minimum Gasteiger partial charge on any atom is -0.289 e. The van der Waals surface area contributed by atoms with E-state index in [1.165, 1.54) is 28.0 Å². The summed E-state index contributed by atoms with van der Waals surface area (Å²) in [6, 6.07) is 5.94. The Hall–Kier alpha value is -2.19. The number of hydrogen-bond donors (Lipinski definition) is 1. The Labute approximate surface area is 200 Å². The van der Waals surface area contributed by atoms with Gasteiger partial charge in [-0.25, -0.2) is 4.79 Å². The van der Waals surface area contributed by atoms with Gasteiger partial charge in [-0.15, -0.1) is 27.5 Å². The molecule has 0 fully saturated rings. The van der Waals surface area contributed by atoms with Crippen molar-refractivity contribution in [2.75, 3.05) is 5.75 Å². The minimum atomic E-state index is -5.63. The molecule has 0 spiro atoms. The van der Waals surface area contributed by atoms with Crippen LogP contribution in [-0.2, 0) is 10.0 Å². The van der Waals surface area contributed by atoms with Crippen molar-refractivity contribution in [2.45, 2.75) is 54.8 Å². The van der Waals surface area contributed by atoms with Crippen molar-refractivity contribution in [2.24, 2.45) is 4.40 Å². The van der Waals surface area contributed by atoms with E-state index in [9.17, 15) is 35.2 Å². The van der Waals surface area contributed by atoms with Gasteiger partial charge in [0.1, 0.15) is 5.69 Å². The number of thioether (sulfide) groups is 1. The number of imidazole rings is 1. The van der Waals surface area contributed by atoms with Crippen molar-refractivity contribution in [3.8, 4) is 5.69 Å². The van der Waals surface area contributed by atoms with Gasteiger partial charge >= 0.3 is 17.8 Å². The Morgan fingerprint density at radius 3 is 2.29 bits per heavy atom. The molecule has 2 heterocycles. The molecule has 2 aliphatic rings. The molecule has 0 atom stereocenters. The maximum atomic E-state index is 13.2. The molecule has 0 saturated carbocycles. The van der Waals surface area contributed by atoms with Gasteiger partial charge < -0.3 is 0 Å². The highest BCUT2D eigenvalue weighted by Crippen LogP contribution is 2.40. The number of fused-ring (bicyclic) bond motifs is 1. The summed E-state index contributed by atoms with van der Waals surface area (Å²) in [5.41, 5.74) is 0.592. The van der Waals surface area contributed by atoms with E-state index >= 15 is 0 Å². The maximum Gasteiger partial charge on any atom is 0.453 e. The molecule has 1 N–H and O–H groups in total. The summed E-state index contributed by atoms with van der Waals surface area (Å²) >= 11 is 2.13. The largest absolute Gasteiger partial charge is 0.453 e. The van der Waals surface area contributed by atoms with Crippen molar-refractivity contribution >= 4 is 33.1 Å². The van der Waals surface area contributed by atoms with Gasteiger partial charge in [-0.1, -0.05) is 17.7 Å². The van der Waals surface area contributed by atoms with Crippen LogP contribution >= 0.6 is 23.1 Å². The van der Waals surface area contributed by atoms with Crippen LogP contribution in [0.25, 0.3) is 5.69 Å². The quantitative estimate of drug-likeness (QED) is 0.261. The highest BCUT2D eigenvalue weighted by molar-refractivity contribution is 8.01. The van der Waals surface area contributed by atoms with E-state index in [4.69, 9.17) is 0 Å². The lowest BCUT2D eigenvalue weighted by atomic mass is 10.2. The van der Waals surface area contributed by atoms with Crippen LogP contribution in [0.2, 0.25) is 0 Å². The van der Waals surface area contributed by atoms with Gasteiger partial charge in [0.15, 0.2) is 5.49 Å². The van der Waals surface area contributed by atoms with Crippen LogP contribution < -0.4 is 11.2 Å². The Kier molecular flexibility index (Phi) is 7.35. The second-order valence-corrected chi connectivity index (χ2v) is 11.7. The Balaban J connectivity index is 2.01. The molecule has 0 unspecified atom stereocenters. The van der Waals surface area contributed by atoms with E-state index in [1.54, 1.807) is 32.9 Å². The molecule has 186 valence electrons. The van der Waals surface area contributed by atoms with Gasteiger partial charge in [0.2, 0.25) is 0 Å². The van der Waals surface area contributed by atoms with Crippen LogP contribution in [0.5, 0.6) is 0 Å². The Morgan fingerprint density at radius 1 is 1.09 bits per heavy atom. The van der Waals surface area contributed by atoms with E-state index < -0.39 is 40.7 Å². The summed E-state index contributed by atoms with van der Waals surface area (Å²) in [5, 5.41) is 0. The average molecular weight is 542 g/mol. The Bertz CT molecular complexity index is 1390. The summed E-state index contributed by atoms with van der Waals surface area (Å²) < 4.78 is 94.6. The number of aromatic nitrogens is 2. The van der Waals surface area contributed by atoms with Gasteiger partial charge in [0, 0.05) is 17.0 Å². The van der Waals surface area contributed by atoms with Crippen LogP contribution in [0.1, 0.15) is 29.0 Å². The molecule has 0 bridgehead atoms. The third-order valence-electron chi connectivity index (χ3n) is 4.97. The lowest BCUT2D eigenvalue weighted by Crippen LogP contribution is -2.36. The first-order chi connectivity index (χ1) is 15.6. The van der Waals surface area contributed by atoms with Gasteiger partial charge in [0.25, 0.3) is 10.0 Å². The normalized spacial score (nSPS) is 13.7. The van der Waals surface area contributed by atoms with Gasteiger partial charge in [-0.05, 0) is 45.1 Å². The maximum absolute atomic E-state index is 13.2. The van der Waals surface area contributed by atoms with E-state index in [-0.39, 0.29) is 21.8 Å². The zero-order valence-corrected chi connectivity index (χ0v) is 20.6. The minimum absolute atomic E-state index is 0.0885. The van der Waals surface area contributed by atoms with Crippen molar-refractivity contribution < 1.29 is 30.4 Å². The van der Waals surface area contributed by atoms with E-state index in [2.05, 4.69) is 9.38 Å². The molecule has 34 heavy (non-hydrogen) atoms. The molecule has 14 heteroatoms. The first-order valence-electron chi connectivity index (χ1n) is 9.84. The molecule has 0 aromatic heterocycles. The fourth-order valence-corrected chi connectivity index (χ4v) is 6.42. The summed E-state index contributed by atoms with van der Waals surface area (Å²) in [5.74, 6) is -4.91. The highest BCUT2D eigenvalue weighted by Gasteiger charge is 2.56. The van der Waals surface area contributed by atoms with Crippen LogP contribution in [0.4, 0.5) is 22.0 Å². The van der Waals surface area contributed by atoms with Crippen molar-refractivity contribution in [1.82, 2.24) is 9.55 Å². The summed E-state index contributed by atoms with van der Waals surface area (Å²) in [4.78, 5) is 15.6. The molecule has 1 aromatic rings. The fraction of sp³-hybridized carbons (Fsp3) is 0.400. The second kappa shape index (κ2) is 9.46. The van der Waals surface area contributed by atoms with Crippen LogP contribution in [-0.4, -0.2) is 35.8 Å². The van der Waals surface area contributed by atoms with Crippen LogP contribution in [0.3, 0.4) is 0 Å². The van der Waals surface area contributed by atoms with Crippen LogP contribution in [0.15, 0.2) is 42.6 Å². The molecule has 0 radical (unpaired) electrons. The molecular weight excluding hydrogens is 521 g/mol. The second-order valence-electron chi connectivity index (χ2n) is 7.53. The topological polar surface area (TPSA) is 84.3 Å². The predicted octanol–water partition coefficient (Wildman–Crippen LogP) is 4.95. The number of H-pyrrole nitrogens is 1. The number of nitrogens with zero attached hydrogens (tertiary/aromatic N) is 2. The first-order valence-corrected chi connectivity index (χ1v) is 13.1. The van der Waals surface area contributed by atoms with E-state index in [1.807, 2.05) is 0 Å².